The fraction of sp³-hybridized carbons (Fsp3) is 0.341. The van der Waals surface area contributed by atoms with E-state index in [2.05, 4.69) is 49.7 Å². The normalized spacial score (nSPS) is 13.6. The van der Waals surface area contributed by atoms with Crippen molar-refractivity contribution in [3.63, 3.8) is 0 Å². The lowest BCUT2D eigenvalue weighted by atomic mass is 9.86. The molecule has 1 saturated heterocycles. The lowest BCUT2D eigenvalue weighted by molar-refractivity contribution is -0.00923. The molecule has 0 spiro atoms. The van der Waals surface area contributed by atoms with Crippen molar-refractivity contribution in [1.82, 2.24) is 15.2 Å². The second-order valence-electron chi connectivity index (χ2n) is 16.1. The molecule has 60 heavy (non-hydrogen) atoms. The summed E-state index contributed by atoms with van der Waals surface area (Å²) in [6.07, 6.45) is 2.66. The van der Waals surface area contributed by atoms with Crippen LogP contribution in [0.2, 0.25) is 0 Å². The molecule has 0 bridgehead atoms. The van der Waals surface area contributed by atoms with E-state index >= 15 is 0 Å². The van der Waals surface area contributed by atoms with Crippen LogP contribution < -0.4 is 40.2 Å². The molecule has 15 nitrogen and oxygen atoms in total. The molecule has 2 heterocycles. The molecule has 5 aromatic rings. The molecule has 4 aromatic carbocycles. The average Bonchev–Trinajstić information content (AvgIpc) is 3.20. The third kappa shape index (κ3) is 10.9. The van der Waals surface area contributed by atoms with E-state index in [4.69, 9.17) is 18.9 Å². The summed E-state index contributed by atoms with van der Waals surface area (Å²) in [5, 5.41) is 13.6. The molecular formula is C44H53N7O8S. The molecule has 318 valence electrons. The first kappa shape index (κ1) is 43.5. The molecule has 1 aliphatic rings. The van der Waals surface area contributed by atoms with Crippen LogP contribution in [0.3, 0.4) is 0 Å². The number of amides is 3. The third-order valence-corrected chi connectivity index (χ3v) is 10.6. The number of hydrogen-bond donors (Lipinski definition) is 5. The van der Waals surface area contributed by atoms with Gasteiger partial charge in [0, 0.05) is 65.5 Å². The van der Waals surface area contributed by atoms with Gasteiger partial charge in [-0.15, -0.1) is 0 Å². The van der Waals surface area contributed by atoms with Gasteiger partial charge in [-0.2, -0.15) is 0 Å². The Morgan fingerprint density at radius 3 is 2.20 bits per heavy atom. The van der Waals surface area contributed by atoms with Crippen LogP contribution in [0, 0.1) is 0 Å². The highest BCUT2D eigenvalue weighted by Crippen LogP contribution is 2.40. The number of ether oxygens (including phenoxy) is 4. The second kappa shape index (κ2) is 18.0. The van der Waals surface area contributed by atoms with Gasteiger partial charge in [0.15, 0.2) is 5.75 Å². The van der Waals surface area contributed by atoms with E-state index in [1.54, 1.807) is 67.9 Å². The van der Waals surface area contributed by atoms with Crippen LogP contribution in [-0.2, 0) is 20.2 Å². The Balaban J connectivity index is 1.18. The van der Waals surface area contributed by atoms with Gasteiger partial charge in [0.1, 0.15) is 23.1 Å². The fourth-order valence-corrected chi connectivity index (χ4v) is 7.36. The minimum Gasteiger partial charge on any atom is -0.497 e. The van der Waals surface area contributed by atoms with Crippen molar-refractivity contribution in [2.45, 2.75) is 45.6 Å². The lowest BCUT2D eigenvalue weighted by Crippen LogP contribution is -2.55. The van der Waals surface area contributed by atoms with Crippen molar-refractivity contribution < 1.29 is 37.0 Å². The summed E-state index contributed by atoms with van der Waals surface area (Å²) in [5.74, 6) is 1.94. The Morgan fingerprint density at radius 2 is 1.52 bits per heavy atom. The number of nitrogens with zero attached hydrogens (tertiary/aromatic N) is 2. The van der Waals surface area contributed by atoms with E-state index in [1.165, 1.54) is 7.11 Å². The maximum atomic E-state index is 13.5. The van der Waals surface area contributed by atoms with E-state index < -0.39 is 16.1 Å². The monoisotopic (exact) mass is 839 g/mol. The number of carbonyl (C=O) groups is 2. The predicted molar refractivity (Wildman–Crippen MR) is 236 cm³/mol. The molecule has 0 saturated carbocycles. The maximum absolute atomic E-state index is 13.5. The smallest absolute Gasteiger partial charge is 0.323 e. The number of rotatable bonds is 14. The van der Waals surface area contributed by atoms with Crippen LogP contribution in [0.4, 0.5) is 33.4 Å². The summed E-state index contributed by atoms with van der Waals surface area (Å²) >= 11 is 0. The number of fused-ring (bicyclic) bond motifs is 1. The Labute approximate surface area is 351 Å². The number of benzene rings is 4. The van der Waals surface area contributed by atoms with Crippen molar-refractivity contribution in [2.75, 3.05) is 74.0 Å². The van der Waals surface area contributed by atoms with Gasteiger partial charge in [-0.3, -0.25) is 14.4 Å². The zero-order valence-corrected chi connectivity index (χ0v) is 36.0. The number of pyridine rings is 1. The van der Waals surface area contributed by atoms with Crippen LogP contribution in [0.1, 0.15) is 50.5 Å². The van der Waals surface area contributed by atoms with E-state index in [-0.39, 0.29) is 34.0 Å². The molecule has 0 aliphatic carbocycles. The number of hydrogen-bond acceptors (Lipinski definition) is 11. The molecule has 1 aromatic heterocycles. The van der Waals surface area contributed by atoms with Gasteiger partial charge in [0.2, 0.25) is 10.0 Å². The van der Waals surface area contributed by atoms with Crippen molar-refractivity contribution in [3.8, 4) is 23.0 Å². The number of carbonyl (C=O) groups excluding carboxylic acids is 2. The molecule has 5 N–H and O–H groups in total. The standard InChI is InChI=1S/C44H53N7O8S/c1-43(2,3)29-23-36(40(57-7)37(24-29)50-60(8,54)55)49-42(53)48-35-13-14-38(34-12-10-9-11-33(34)35)59-31-15-16-45-39(26-31)47-30-21-28(22-32(25-30)56-6)41(52)46-27-44(4,5)51-17-19-58-20-18-51/h9-16,21-26,50H,17-20,27H2,1-8H3,(H,45,47)(H,46,52)(H2,48,49,53). The first-order valence-electron chi connectivity index (χ1n) is 19.4. The SMILES string of the molecule is COc1cc(Nc2cc(Oc3ccc(NC(=O)Nc4cc(C(C)(C)C)cc(NS(C)(=O)=O)c4OC)c4ccccc34)ccn2)cc(C(=O)NCC(C)(C)N2CCOCC2)c1. The summed E-state index contributed by atoms with van der Waals surface area (Å²) in [6, 6.07) is 22.6. The van der Waals surface area contributed by atoms with E-state index in [0.29, 0.717) is 65.1 Å². The fourth-order valence-electron chi connectivity index (χ4n) is 6.81. The van der Waals surface area contributed by atoms with Gasteiger partial charge in [-0.25, -0.2) is 18.2 Å². The highest BCUT2D eigenvalue weighted by Gasteiger charge is 2.29. The minimum absolute atomic E-state index is 0.167. The summed E-state index contributed by atoms with van der Waals surface area (Å²) in [7, 11) is -0.695. The Morgan fingerprint density at radius 1 is 0.817 bits per heavy atom. The van der Waals surface area contributed by atoms with Crippen LogP contribution in [0.15, 0.2) is 85.1 Å². The van der Waals surface area contributed by atoms with Crippen molar-refractivity contribution >= 4 is 61.3 Å². The highest BCUT2D eigenvalue weighted by atomic mass is 32.2. The number of morpholine rings is 1. The predicted octanol–water partition coefficient (Wildman–Crippen LogP) is 7.94. The van der Waals surface area contributed by atoms with E-state index in [9.17, 15) is 18.0 Å². The topological polar surface area (TPSA) is 181 Å². The third-order valence-electron chi connectivity index (χ3n) is 10.0. The highest BCUT2D eigenvalue weighted by molar-refractivity contribution is 7.92. The number of aromatic nitrogens is 1. The van der Waals surface area contributed by atoms with E-state index in [0.717, 1.165) is 30.3 Å². The van der Waals surface area contributed by atoms with Crippen LogP contribution in [0.5, 0.6) is 23.0 Å². The number of urea groups is 1. The molecular weight excluding hydrogens is 787 g/mol. The molecule has 6 rings (SSSR count). The van der Waals surface area contributed by atoms with Gasteiger partial charge in [0.05, 0.1) is 50.8 Å². The van der Waals surface area contributed by atoms with Gasteiger partial charge in [0.25, 0.3) is 5.91 Å². The number of methoxy groups -OCH3 is 2. The number of nitrogens with one attached hydrogen (secondary N) is 5. The molecule has 16 heteroatoms. The van der Waals surface area contributed by atoms with Crippen LogP contribution >= 0.6 is 0 Å². The first-order valence-corrected chi connectivity index (χ1v) is 21.3. The van der Waals surface area contributed by atoms with E-state index in [1.807, 2.05) is 45.0 Å². The summed E-state index contributed by atoms with van der Waals surface area (Å²) in [5.41, 5.74) is 2.20. The zero-order valence-electron chi connectivity index (χ0n) is 35.2. The average molecular weight is 840 g/mol. The number of sulfonamides is 1. The maximum Gasteiger partial charge on any atom is 0.323 e. The second-order valence-corrected chi connectivity index (χ2v) is 17.9. The Hall–Kier alpha value is -6.10. The molecule has 1 fully saturated rings. The molecule has 3 amide bonds. The van der Waals surface area contributed by atoms with Gasteiger partial charge in [-0.05, 0) is 67.3 Å². The molecule has 0 unspecified atom stereocenters. The first-order chi connectivity index (χ1) is 28.4. The molecule has 0 radical (unpaired) electrons. The zero-order chi connectivity index (χ0) is 43.2. The van der Waals surface area contributed by atoms with Crippen LogP contribution in [0.25, 0.3) is 10.8 Å². The largest absolute Gasteiger partial charge is 0.497 e. The van der Waals surface area contributed by atoms with Gasteiger partial charge >= 0.3 is 6.03 Å². The Kier molecular flexibility index (Phi) is 13.1. The lowest BCUT2D eigenvalue weighted by Gasteiger charge is -2.40. The molecule has 0 atom stereocenters. The van der Waals surface area contributed by atoms with Gasteiger partial charge in [-0.1, -0.05) is 45.0 Å². The van der Waals surface area contributed by atoms with Crippen LogP contribution in [-0.4, -0.2) is 89.1 Å². The van der Waals surface area contributed by atoms with Crippen molar-refractivity contribution in [3.05, 3.63) is 96.2 Å². The van der Waals surface area contributed by atoms with Crippen molar-refractivity contribution in [2.24, 2.45) is 0 Å². The molecule has 1 aliphatic heterocycles. The summed E-state index contributed by atoms with van der Waals surface area (Å²) in [6.45, 7) is 13.6. The summed E-state index contributed by atoms with van der Waals surface area (Å²) < 4.78 is 49.9. The quantitative estimate of drug-likeness (QED) is 0.0733. The van der Waals surface area contributed by atoms with Gasteiger partial charge < -0.3 is 40.2 Å². The Bertz CT molecular complexity index is 2480. The number of anilines is 5. The summed E-state index contributed by atoms with van der Waals surface area (Å²) in [4.78, 5) is 33.7. The minimum atomic E-state index is -3.65. The van der Waals surface area contributed by atoms with Crippen molar-refractivity contribution in [1.29, 1.82) is 0 Å².